The molecule has 0 aromatic heterocycles. The van der Waals surface area contributed by atoms with Gasteiger partial charge in [-0.25, -0.2) is 0 Å². The molecule has 5 heteroatoms. The minimum atomic E-state index is -3.80. The average molecular weight is 306 g/mol. The van der Waals surface area contributed by atoms with Crippen molar-refractivity contribution < 1.29 is 17.7 Å². The molecule has 2 aromatic rings. The molecule has 112 valence electrons. The first-order chi connectivity index (χ1) is 10.0. The van der Waals surface area contributed by atoms with Crippen molar-refractivity contribution in [3.63, 3.8) is 0 Å². The van der Waals surface area contributed by atoms with Gasteiger partial charge in [0, 0.05) is 6.61 Å². The highest BCUT2D eigenvalue weighted by Gasteiger charge is 2.16. The van der Waals surface area contributed by atoms with E-state index in [1.54, 1.807) is 36.4 Å². The zero-order valence-corrected chi connectivity index (χ0v) is 12.6. The van der Waals surface area contributed by atoms with E-state index in [0.717, 1.165) is 17.5 Å². The van der Waals surface area contributed by atoms with Crippen LogP contribution in [0.15, 0.2) is 53.4 Å². The lowest BCUT2D eigenvalue weighted by molar-refractivity contribution is 0.288. The number of benzene rings is 2. The predicted octanol–water partition coefficient (Wildman–Crippen LogP) is 2.69. The Balaban J connectivity index is 2.11. The summed E-state index contributed by atoms with van der Waals surface area (Å²) >= 11 is 0. The molecule has 0 aliphatic carbocycles. The summed E-state index contributed by atoms with van der Waals surface area (Å²) < 4.78 is 29.3. The van der Waals surface area contributed by atoms with Gasteiger partial charge in [-0.3, -0.25) is 0 Å². The van der Waals surface area contributed by atoms with Crippen molar-refractivity contribution in [3.05, 3.63) is 59.7 Å². The van der Waals surface area contributed by atoms with Crippen molar-refractivity contribution in [2.24, 2.45) is 0 Å². The number of rotatable bonds is 6. The van der Waals surface area contributed by atoms with E-state index in [1.807, 2.05) is 6.92 Å². The van der Waals surface area contributed by atoms with Crippen LogP contribution in [-0.4, -0.2) is 20.1 Å². The number of aliphatic hydroxyl groups is 1. The van der Waals surface area contributed by atoms with Crippen molar-refractivity contribution in [2.75, 3.05) is 6.61 Å². The van der Waals surface area contributed by atoms with E-state index in [9.17, 15) is 8.42 Å². The van der Waals surface area contributed by atoms with Crippen LogP contribution < -0.4 is 4.18 Å². The van der Waals surface area contributed by atoms with Crippen molar-refractivity contribution in [1.82, 2.24) is 0 Å². The molecule has 0 saturated carbocycles. The summed E-state index contributed by atoms with van der Waals surface area (Å²) in [5.41, 5.74) is 2.02. The maximum absolute atomic E-state index is 12.1. The number of aryl methyl sites for hydroxylation is 2. The molecule has 4 nitrogen and oxygen atoms in total. The van der Waals surface area contributed by atoms with Gasteiger partial charge < -0.3 is 9.29 Å². The largest absolute Gasteiger partial charge is 0.396 e. The van der Waals surface area contributed by atoms with Crippen molar-refractivity contribution in [2.45, 2.75) is 24.7 Å². The van der Waals surface area contributed by atoms with Crippen LogP contribution in [0.1, 0.15) is 17.5 Å². The molecular formula is C16H18O4S. The van der Waals surface area contributed by atoms with Gasteiger partial charge in [0.2, 0.25) is 0 Å². The Morgan fingerprint density at radius 3 is 2.19 bits per heavy atom. The summed E-state index contributed by atoms with van der Waals surface area (Å²) in [6.07, 6.45) is 1.43. The van der Waals surface area contributed by atoms with Crippen LogP contribution in [0.3, 0.4) is 0 Å². The Labute approximate surface area is 125 Å². The minimum absolute atomic E-state index is 0.137. The molecule has 0 heterocycles. The Kier molecular flexibility index (Phi) is 4.98. The quantitative estimate of drug-likeness (QED) is 0.833. The van der Waals surface area contributed by atoms with Crippen molar-refractivity contribution >= 4 is 10.1 Å². The van der Waals surface area contributed by atoms with E-state index in [1.165, 1.54) is 12.1 Å². The highest BCUT2D eigenvalue weighted by atomic mass is 32.2. The zero-order chi connectivity index (χ0) is 15.3. The Morgan fingerprint density at radius 2 is 1.62 bits per heavy atom. The molecule has 0 bridgehead atoms. The van der Waals surface area contributed by atoms with E-state index < -0.39 is 10.1 Å². The van der Waals surface area contributed by atoms with Crippen LogP contribution in [0.4, 0.5) is 0 Å². The van der Waals surface area contributed by atoms with Gasteiger partial charge >= 0.3 is 10.1 Å². The van der Waals surface area contributed by atoms with Gasteiger partial charge in [0.15, 0.2) is 0 Å². The van der Waals surface area contributed by atoms with Crippen molar-refractivity contribution in [1.29, 1.82) is 0 Å². The van der Waals surface area contributed by atoms with E-state index in [4.69, 9.17) is 9.29 Å². The van der Waals surface area contributed by atoms with Gasteiger partial charge in [-0.05, 0) is 49.6 Å². The SMILES string of the molecule is Cc1ccc(S(=O)(=O)Oc2ccc(CCCO)cc2)cc1. The first-order valence-corrected chi connectivity index (χ1v) is 8.13. The average Bonchev–Trinajstić information content (AvgIpc) is 2.47. The highest BCUT2D eigenvalue weighted by Crippen LogP contribution is 2.20. The van der Waals surface area contributed by atoms with Crippen LogP contribution in [0, 0.1) is 6.92 Å². The predicted molar refractivity (Wildman–Crippen MR) is 80.8 cm³/mol. The molecular weight excluding hydrogens is 288 g/mol. The van der Waals surface area contributed by atoms with Gasteiger partial charge in [-0.1, -0.05) is 29.8 Å². The maximum atomic E-state index is 12.1. The lowest BCUT2D eigenvalue weighted by atomic mass is 10.1. The second-order valence-corrected chi connectivity index (χ2v) is 6.37. The molecule has 0 unspecified atom stereocenters. The van der Waals surface area contributed by atoms with Gasteiger partial charge in [0.05, 0.1) is 0 Å². The Bertz CT molecular complexity index is 673. The molecule has 0 radical (unpaired) electrons. The highest BCUT2D eigenvalue weighted by molar-refractivity contribution is 7.87. The smallest absolute Gasteiger partial charge is 0.339 e. The van der Waals surface area contributed by atoms with Crippen LogP contribution in [-0.2, 0) is 16.5 Å². The standard InChI is InChI=1S/C16H18O4S/c1-13-4-10-16(11-5-13)21(18,19)20-15-8-6-14(7-9-15)3-2-12-17/h4-11,17H,2-3,12H2,1H3. The molecule has 0 aliphatic heterocycles. The topological polar surface area (TPSA) is 63.6 Å². The van der Waals surface area contributed by atoms with E-state index in [0.29, 0.717) is 6.42 Å². The summed E-state index contributed by atoms with van der Waals surface area (Å²) in [4.78, 5) is 0.137. The second-order valence-electron chi connectivity index (χ2n) is 4.82. The molecule has 0 spiro atoms. The van der Waals surface area contributed by atoms with Crippen LogP contribution >= 0.6 is 0 Å². The molecule has 0 aliphatic rings. The molecule has 1 N–H and O–H groups in total. The van der Waals surface area contributed by atoms with Gasteiger partial charge in [0.1, 0.15) is 10.6 Å². The first kappa shape index (κ1) is 15.5. The molecule has 21 heavy (non-hydrogen) atoms. The summed E-state index contributed by atoms with van der Waals surface area (Å²) in [5.74, 6) is 0.281. The third-order valence-corrected chi connectivity index (χ3v) is 4.32. The molecule has 2 rings (SSSR count). The molecule has 0 amide bonds. The normalized spacial score (nSPS) is 11.3. The van der Waals surface area contributed by atoms with Gasteiger partial charge in [-0.15, -0.1) is 0 Å². The third kappa shape index (κ3) is 4.31. The van der Waals surface area contributed by atoms with E-state index in [-0.39, 0.29) is 17.3 Å². The second kappa shape index (κ2) is 6.74. The number of aliphatic hydroxyl groups excluding tert-OH is 1. The Morgan fingerprint density at radius 1 is 1.00 bits per heavy atom. The summed E-state index contributed by atoms with van der Waals surface area (Å²) in [5, 5.41) is 8.78. The van der Waals surface area contributed by atoms with Gasteiger partial charge in [0.25, 0.3) is 0 Å². The van der Waals surface area contributed by atoms with E-state index in [2.05, 4.69) is 0 Å². The maximum Gasteiger partial charge on any atom is 0.339 e. The molecule has 0 saturated heterocycles. The Hall–Kier alpha value is -1.85. The summed E-state index contributed by atoms with van der Waals surface area (Å²) in [6, 6.07) is 13.4. The zero-order valence-electron chi connectivity index (χ0n) is 11.8. The fraction of sp³-hybridized carbons (Fsp3) is 0.250. The minimum Gasteiger partial charge on any atom is -0.396 e. The molecule has 0 atom stereocenters. The number of hydrogen-bond donors (Lipinski definition) is 1. The lowest BCUT2D eigenvalue weighted by Crippen LogP contribution is -2.09. The fourth-order valence-electron chi connectivity index (χ4n) is 1.87. The molecule has 2 aromatic carbocycles. The van der Waals surface area contributed by atoms with Crippen molar-refractivity contribution in [3.8, 4) is 5.75 Å². The third-order valence-electron chi connectivity index (χ3n) is 3.06. The fourth-order valence-corrected chi connectivity index (χ4v) is 2.80. The lowest BCUT2D eigenvalue weighted by Gasteiger charge is -2.08. The van der Waals surface area contributed by atoms with Crippen LogP contribution in [0.25, 0.3) is 0 Å². The summed E-state index contributed by atoms with van der Waals surface area (Å²) in [6.45, 7) is 2.03. The van der Waals surface area contributed by atoms with Gasteiger partial charge in [-0.2, -0.15) is 8.42 Å². The monoisotopic (exact) mass is 306 g/mol. The number of hydrogen-bond acceptors (Lipinski definition) is 4. The van der Waals surface area contributed by atoms with E-state index >= 15 is 0 Å². The summed E-state index contributed by atoms with van der Waals surface area (Å²) in [7, 11) is -3.80. The molecule has 0 fully saturated rings. The van der Waals surface area contributed by atoms with Crippen LogP contribution in [0.5, 0.6) is 5.75 Å². The first-order valence-electron chi connectivity index (χ1n) is 6.72. The van der Waals surface area contributed by atoms with Crippen LogP contribution in [0.2, 0.25) is 0 Å².